The van der Waals surface area contributed by atoms with Crippen molar-refractivity contribution in [1.82, 2.24) is 15.3 Å². The lowest BCUT2D eigenvalue weighted by Crippen LogP contribution is -2.41. The fraction of sp³-hybridized carbons (Fsp3) is 0.500. The van der Waals surface area contributed by atoms with E-state index in [4.69, 9.17) is 0 Å². The molecule has 0 aromatic carbocycles. The van der Waals surface area contributed by atoms with Crippen molar-refractivity contribution < 1.29 is 13.2 Å². The molecule has 0 spiro atoms. The molecule has 1 aliphatic rings. The van der Waals surface area contributed by atoms with E-state index in [1.165, 1.54) is 0 Å². The van der Waals surface area contributed by atoms with E-state index in [9.17, 15) is 13.2 Å². The Hall–Kier alpha value is -0.880. The summed E-state index contributed by atoms with van der Waals surface area (Å²) in [5.74, 6) is 0.302. The van der Waals surface area contributed by atoms with Crippen molar-refractivity contribution in [2.75, 3.05) is 13.1 Å². The molecule has 1 saturated heterocycles. The molecular weight excluding hydrogens is 231 g/mol. The molecule has 0 aliphatic carbocycles. The maximum absolute atomic E-state index is 12.2. The van der Waals surface area contributed by atoms with Gasteiger partial charge in [0.1, 0.15) is 11.5 Å². The van der Waals surface area contributed by atoms with Crippen molar-refractivity contribution in [1.29, 1.82) is 0 Å². The van der Waals surface area contributed by atoms with E-state index in [0.717, 1.165) is 12.3 Å². The van der Waals surface area contributed by atoms with Crippen LogP contribution in [-0.2, 0) is 6.18 Å². The molecule has 1 aromatic heterocycles. The molecule has 0 amide bonds. The third-order valence-electron chi connectivity index (χ3n) is 2.11. The number of nitrogens with one attached hydrogen (secondary N) is 1. The number of aromatic nitrogens is 2. The second kappa shape index (κ2) is 4.32. The Balaban J connectivity index is 0.00000112. The Morgan fingerprint density at radius 1 is 1.33 bits per heavy atom. The van der Waals surface area contributed by atoms with Gasteiger partial charge in [0.15, 0.2) is 0 Å². The predicted molar refractivity (Wildman–Crippen MR) is 49.9 cm³/mol. The van der Waals surface area contributed by atoms with Gasteiger partial charge in [-0.2, -0.15) is 13.2 Å². The zero-order chi connectivity index (χ0) is 10.2. The van der Waals surface area contributed by atoms with E-state index < -0.39 is 11.9 Å². The molecule has 0 unspecified atom stereocenters. The van der Waals surface area contributed by atoms with Crippen molar-refractivity contribution in [3.8, 4) is 0 Å². The van der Waals surface area contributed by atoms with Gasteiger partial charge >= 0.3 is 6.18 Å². The molecule has 84 valence electrons. The summed E-state index contributed by atoms with van der Waals surface area (Å²) >= 11 is 0. The first-order valence-corrected chi connectivity index (χ1v) is 4.18. The first-order chi connectivity index (χ1) is 6.57. The molecule has 1 aliphatic heterocycles. The third kappa shape index (κ3) is 2.57. The minimum atomic E-state index is -4.38. The molecule has 0 saturated carbocycles. The van der Waals surface area contributed by atoms with Gasteiger partial charge in [-0.1, -0.05) is 0 Å². The van der Waals surface area contributed by atoms with Crippen LogP contribution in [0.3, 0.4) is 0 Å². The Kier molecular flexibility index (Phi) is 3.51. The number of hydrogen-bond acceptors (Lipinski definition) is 3. The quantitative estimate of drug-likeness (QED) is 0.809. The minimum absolute atomic E-state index is 0. The van der Waals surface area contributed by atoms with Crippen LogP contribution in [0.5, 0.6) is 0 Å². The predicted octanol–water partition coefficient (Wildman–Crippen LogP) is 1.60. The standard InChI is InChI=1S/C8H8F3N3.ClH/c9-8(10,11)6-1-2-13-7(14-6)5-3-12-4-5;/h1-2,5,12H,3-4H2;1H. The Bertz CT molecular complexity index is 338. The Morgan fingerprint density at radius 3 is 2.47 bits per heavy atom. The monoisotopic (exact) mass is 239 g/mol. The van der Waals surface area contributed by atoms with Gasteiger partial charge in [0.25, 0.3) is 0 Å². The average Bonchev–Trinajstić information content (AvgIpc) is 2.00. The molecular formula is C8H9ClF3N3. The number of nitrogens with zero attached hydrogens (tertiary/aromatic N) is 2. The summed E-state index contributed by atoms with van der Waals surface area (Å²) in [6, 6.07) is 0.885. The van der Waals surface area contributed by atoms with Crippen molar-refractivity contribution >= 4 is 12.4 Å². The molecule has 2 rings (SSSR count). The summed E-state index contributed by atoms with van der Waals surface area (Å²) in [5.41, 5.74) is -0.866. The van der Waals surface area contributed by atoms with Crippen LogP contribution in [-0.4, -0.2) is 23.1 Å². The van der Waals surface area contributed by atoms with Crippen molar-refractivity contribution in [3.63, 3.8) is 0 Å². The van der Waals surface area contributed by atoms with Crippen LogP contribution in [0, 0.1) is 0 Å². The molecule has 0 atom stereocenters. The summed E-state index contributed by atoms with van der Waals surface area (Å²) < 4.78 is 36.7. The highest BCUT2D eigenvalue weighted by Gasteiger charge is 2.34. The van der Waals surface area contributed by atoms with Crippen LogP contribution >= 0.6 is 12.4 Å². The Morgan fingerprint density at radius 2 is 2.00 bits per heavy atom. The summed E-state index contributed by atoms with van der Waals surface area (Å²) in [6.07, 6.45) is -3.22. The van der Waals surface area contributed by atoms with Crippen molar-refractivity contribution in [3.05, 3.63) is 23.8 Å². The van der Waals surface area contributed by atoms with E-state index >= 15 is 0 Å². The largest absolute Gasteiger partial charge is 0.433 e. The van der Waals surface area contributed by atoms with Gasteiger partial charge in [0.05, 0.1) is 0 Å². The maximum Gasteiger partial charge on any atom is 0.433 e. The van der Waals surface area contributed by atoms with E-state index in [1.807, 2.05) is 0 Å². The molecule has 3 nitrogen and oxygen atoms in total. The summed E-state index contributed by atoms with van der Waals surface area (Å²) in [4.78, 5) is 7.31. The van der Waals surface area contributed by atoms with Crippen LogP contribution < -0.4 is 5.32 Å². The first kappa shape index (κ1) is 12.2. The zero-order valence-electron chi connectivity index (χ0n) is 7.58. The van der Waals surface area contributed by atoms with Crippen LogP contribution in [0.25, 0.3) is 0 Å². The van der Waals surface area contributed by atoms with Crippen LogP contribution in [0.4, 0.5) is 13.2 Å². The fourth-order valence-corrected chi connectivity index (χ4v) is 1.20. The van der Waals surface area contributed by atoms with Gasteiger partial charge in [-0.15, -0.1) is 12.4 Å². The average molecular weight is 240 g/mol. The molecule has 1 fully saturated rings. The topological polar surface area (TPSA) is 37.8 Å². The minimum Gasteiger partial charge on any atom is -0.315 e. The number of rotatable bonds is 1. The van der Waals surface area contributed by atoms with Crippen molar-refractivity contribution in [2.24, 2.45) is 0 Å². The lowest BCUT2D eigenvalue weighted by molar-refractivity contribution is -0.141. The fourth-order valence-electron chi connectivity index (χ4n) is 1.20. The van der Waals surface area contributed by atoms with Crippen LogP contribution in [0.2, 0.25) is 0 Å². The second-order valence-electron chi connectivity index (χ2n) is 3.15. The SMILES string of the molecule is Cl.FC(F)(F)c1ccnc(C2CNC2)n1. The normalized spacial score (nSPS) is 16.7. The number of alkyl halides is 3. The molecule has 1 aromatic rings. The molecule has 7 heteroatoms. The third-order valence-corrected chi connectivity index (χ3v) is 2.11. The maximum atomic E-state index is 12.2. The van der Waals surface area contributed by atoms with Gasteiger partial charge in [0.2, 0.25) is 0 Å². The molecule has 2 heterocycles. The second-order valence-corrected chi connectivity index (χ2v) is 3.15. The van der Waals surface area contributed by atoms with E-state index in [2.05, 4.69) is 15.3 Å². The zero-order valence-corrected chi connectivity index (χ0v) is 8.40. The van der Waals surface area contributed by atoms with Gasteiger partial charge in [-0.3, -0.25) is 0 Å². The van der Waals surface area contributed by atoms with Gasteiger partial charge < -0.3 is 5.32 Å². The first-order valence-electron chi connectivity index (χ1n) is 4.18. The lowest BCUT2D eigenvalue weighted by Gasteiger charge is -2.25. The van der Waals surface area contributed by atoms with E-state index in [-0.39, 0.29) is 24.1 Å². The smallest absolute Gasteiger partial charge is 0.315 e. The summed E-state index contributed by atoms with van der Waals surface area (Å²) in [7, 11) is 0. The highest BCUT2D eigenvalue weighted by Crippen LogP contribution is 2.28. The van der Waals surface area contributed by atoms with E-state index in [0.29, 0.717) is 13.1 Å². The molecule has 1 N–H and O–H groups in total. The highest BCUT2D eigenvalue weighted by molar-refractivity contribution is 5.85. The number of halogens is 4. The molecule has 0 radical (unpaired) electrons. The van der Waals surface area contributed by atoms with Gasteiger partial charge in [-0.05, 0) is 6.07 Å². The lowest BCUT2D eigenvalue weighted by atomic mass is 10.0. The summed E-state index contributed by atoms with van der Waals surface area (Å²) in [5, 5.41) is 2.96. The Labute approximate surface area is 90.5 Å². The summed E-state index contributed by atoms with van der Waals surface area (Å²) in [6.45, 7) is 1.31. The molecule has 0 bridgehead atoms. The van der Waals surface area contributed by atoms with Gasteiger partial charge in [-0.25, -0.2) is 9.97 Å². The van der Waals surface area contributed by atoms with Crippen LogP contribution in [0.1, 0.15) is 17.4 Å². The highest BCUT2D eigenvalue weighted by atomic mass is 35.5. The van der Waals surface area contributed by atoms with E-state index in [1.54, 1.807) is 0 Å². The number of hydrogen-bond donors (Lipinski definition) is 1. The van der Waals surface area contributed by atoms with Crippen LogP contribution in [0.15, 0.2) is 12.3 Å². The molecule has 15 heavy (non-hydrogen) atoms. The van der Waals surface area contributed by atoms with Gasteiger partial charge in [0, 0.05) is 25.2 Å². The van der Waals surface area contributed by atoms with Crippen molar-refractivity contribution in [2.45, 2.75) is 12.1 Å².